The molecule has 1 aromatic heterocycles. The Kier molecular flexibility index (Phi) is 6.43. The average molecular weight is 347 g/mol. The van der Waals surface area contributed by atoms with E-state index in [0.29, 0.717) is 16.6 Å². The fourth-order valence-electron chi connectivity index (χ4n) is 2.18. The van der Waals surface area contributed by atoms with E-state index < -0.39 is 0 Å². The van der Waals surface area contributed by atoms with Crippen LogP contribution in [0.2, 0.25) is 0 Å². The number of H-pyrrole nitrogens is 1. The maximum atomic E-state index is 12.2. The standard InChI is InChI=1S/C17H21N3O3S/c1-4-5-12-9-15(21)20-17(18-12)24-10-16(22)19-13-8-11(2)6-7-14(13)23-3/h6-9H,4-5,10H2,1-3H3,(H,19,22)(H,18,20,21). The number of ether oxygens (including phenoxy) is 1. The van der Waals surface area contributed by atoms with Crippen LogP contribution in [0.15, 0.2) is 34.2 Å². The summed E-state index contributed by atoms with van der Waals surface area (Å²) in [5.74, 6) is 0.568. The SMILES string of the molecule is CCCc1cc(=O)[nH]c(SCC(=O)Nc2cc(C)ccc2OC)n1. The summed E-state index contributed by atoms with van der Waals surface area (Å²) in [4.78, 5) is 30.8. The van der Waals surface area contributed by atoms with Crippen LogP contribution in [0.25, 0.3) is 0 Å². The Morgan fingerprint density at radius 2 is 2.17 bits per heavy atom. The van der Waals surface area contributed by atoms with E-state index in [1.54, 1.807) is 7.11 Å². The lowest BCUT2D eigenvalue weighted by Crippen LogP contribution is -2.16. The molecule has 2 N–H and O–H groups in total. The molecule has 24 heavy (non-hydrogen) atoms. The van der Waals surface area contributed by atoms with E-state index in [0.717, 1.165) is 24.1 Å². The van der Waals surface area contributed by atoms with Gasteiger partial charge in [-0.1, -0.05) is 31.2 Å². The zero-order valence-electron chi connectivity index (χ0n) is 14.0. The largest absolute Gasteiger partial charge is 0.495 e. The van der Waals surface area contributed by atoms with Crippen molar-refractivity contribution in [2.45, 2.75) is 31.8 Å². The molecular weight excluding hydrogens is 326 g/mol. The van der Waals surface area contributed by atoms with Gasteiger partial charge in [0.05, 0.1) is 18.6 Å². The van der Waals surface area contributed by atoms with Gasteiger partial charge in [-0.05, 0) is 31.0 Å². The van der Waals surface area contributed by atoms with Gasteiger partial charge in [0, 0.05) is 11.8 Å². The maximum absolute atomic E-state index is 12.2. The molecule has 0 bridgehead atoms. The van der Waals surface area contributed by atoms with Crippen LogP contribution < -0.4 is 15.6 Å². The molecular formula is C17H21N3O3S. The van der Waals surface area contributed by atoms with Crippen LogP contribution in [0.1, 0.15) is 24.6 Å². The molecule has 0 saturated heterocycles. The Morgan fingerprint density at radius 3 is 2.88 bits per heavy atom. The summed E-state index contributed by atoms with van der Waals surface area (Å²) in [6.45, 7) is 3.97. The number of amides is 1. The Hall–Kier alpha value is -2.28. The molecule has 0 aliphatic carbocycles. The zero-order chi connectivity index (χ0) is 17.5. The molecule has 1 amide bonds. The van der Waals surface area contributed by atoms with Crippen molar-refractivity contribution in [1.82, 2.24) is 9.97 Å². The number of carbonyl (C=O) groups is 1. The van der Waals surface area contributed by atoms with Crippen molar-refractivity contribution in [3.8, 4) is 5.75 Å². The number of aryl methyl sites for hydroxylation is 2. The molecule has 0 unspecified atom stereocenters. The molecule has 0 aliphatic heterocycles. The number of nitrogens with zero attached hydrogens (tertiary/aromatic N) is 1. The van der Waals surface area contributed by atoms with Crippen molar-refractivity contribution in [1.29, 1.82) is 0 Å². The molecule has 7 heteroatoms. The number of thioether (sulfide) groups is 1. The molecule has 128 valence electrons. The first-order valence-electron chi connectivity index (χ1n) is 7.69. The second kappa shape index (κ2) is 8.54. The Bertz CT molecular complexity index is 774. The predicted molar refractivity (Wildman–Crippen MR) is 95.9 cm³/mol. The third-order valence-corrected chi connectivity index (χ3v) is 4.12. The molecule has 0 aliphatic rings. The quantitative estimate of drug-likeness (QED) is 0.594. The number of benzene rings is 1. The van der Waals surface area contributed by atoms with Gasteiger partial charge in [0.2, 0.25) is 5.91 Å². The molecule has 0 atom stereocenters. The third kappa shape index (κ3) is 5.13. The highest BCUT2D eigenvalue weighted by Gasteiger charge is 2.10. The van der Waals surface area contributed by atoms with E-state index in [9.17, 15) is 9.59 Å². The fourth-order valence-corrected chi connectivity index (χ4v) is 2.87. The molecule has 0 radical (unpaired) electrons. The highest BCUT2D eigenvalue weighted by molar-refractivity contribution is 7.99. The van der Waals surface area contributed by atoms with E-state index in [1.807, 2.05) is 32.0 Å². The van der Waals surface area contributed by atoms with Crippen LogP contribution in [0.5, 0.6) is 5.75 Å². The number of aromatic amines is 1. The van der Waals surface area contributed by atoms with Gasteiger partial charge in [0.15, 0.2) is 5.16 Å². The summed E-state index contributed by atoms with van der Waals surface area (Å²) in [5, 5.41) is 3.28. The Balaban J connectivity index is 2.01. The Morgan fingerprint density at radius 1 is 1.38 bits per heavy atom. The molecule has 0 fully saturated rings. The van der Waals surface area contributed by atoms with Gasteiger partial charge in [-0.2, -0.15) is 0 Å². The van der Waals surface area contributed by atoms with Gasteiger partial charge < -0.3 is 15.0 Å². The van der Waals surface area contributed by atoms with Crippen molar-refractivity contribution < 1.29 is 9.53 Å². The van der Waals surface area contributed by atoms with Gasteiger partial charge in [0.25, 0.3) is 5.56 Å². The predicted octanol–water partition coefficient (Wildman–Crippen LogP) is 2.77. The first-order valence-corrected chi connectivity index (χ1v) is 8.68. The lowest BCUT2D eigenvalue weighted by atomic mass is 10.2. The minimum absolute atomic E-state index is 0.148. The third-order valence-electron chi connectivity index (χ3n) is 3.25. The summed E-state index contributed by atoms with van der Waals surface area (Å²) < 4.78 is 5.24. The van der Waals surface area contributed by atoms with Crippen molar-refractivity contribution in [3.05, 3.63) is 45.9 Å². The second-order valence-electron chi connectivity index (χ2n) is 5.33. The van der Waals surface area contributed by atoms with E-state index in [2.05, 4.69) is 15.3 Å². The van der Waals surface area contributed by atoms with Crippen molar-refractivity contribution in [2.24, 2.45) is 0 Å². The minimum Gasteiger partial charge on any atom is -0.495 e. The smallest absolute Gasteiger partial charge is 0.251 e. The zero-order valence-corrected chi connectivity index (χ0v) is 14.8. The normalized spacial score (nSPS) is 10.5. The maximum Gasteiger partial charge on any atom is 0.251 e. The van der Waals surface area contributed by atoms with Gasteiger partial charge in [-0.3, -0.25) is 9.59 Å². The first-order chi connectivity index (χ1) is 11.5. The topological polar surface area (TPSA) is 84.1 Å². The number of nitrogens with one attached hydrogen (secondary N) is 2. The van der Waals surface area contributed by atoms with Crippen LogP contribution in [0, 0.1) is 6.92 Å². The molecule has 6 nitrogen and oxygen atoms in total. The molecule has 0 saturated carbocycles. The number of rotatable bonds is 7. The first kappa shape index (κ1) is 18.1. The summed E-state index contributed by atoms with van der Waals surface area (Å²) in [7, 11) is 1.56. The number of hydrogen-bond donors (Lipinski definition) is 2. The summed E-state index contributed by atoms with van der Waals surface area (Å²) in [5.41, 5.74) is 2.20. The van der Waals surface area contributed by atoms with Crippen LogP contribution >= 0.6 is 11.8 Å². The van der Waals surface area contributed by atoms with Gasteiger partial charge >= 0.3 is 0 Å². The molecule has 1 heterocycles. The minimum atomic E-state index is -0.197. The Labute approximate surface area is 145 Å². The van der Waals surface area contributed by atoms with Crippen LogP contribution in [0.4, 0.5) is 5.69 Å². The van der Waals surface area contributed by atoms with Crippen LogP contribution in [-0.4, -0.2) is 28.7 Å². The van der Waals surface area contributed by atoms with Crippen LogP contribution in [0.3, 0.4) is 0 Å². The molecule has 2 rings (SSSR count). The molecule has 1 aromatic carbocycles. The van der Waals surface area contributed by atoms with Gasteiger partial charge in [-0.15, -0.1) is 0 Å². The monoisotopic (exact) mass is 347 g/mol. The van der Waals surface area contributed by atoms with Gasteiger partial charge in [-0.25, -0.2) is 4.98 Å². The lowest BCUT2D eigenvalue weighted by molar-refractivity contribution is -0.113. The number of carbonyl (C=O) groups excluding carboxylic acids is 1. The van der Waals surface area contributed by atoms with E-state index in [-0.39, 0.29) is 17.2 Å². The fraction of sp³-hybridized carbons (Fsp3) is 0.353. The molecule has 2 aromatic rings. The van der Waals surface area contributed by atoms with Crippen molar-refractivity contribution >= 4 is 23.4 Å². The van der Waals surface area contributed by atoms with E-state index in [1.165, 1.54) is 17.8 Å². The second-order valence-corrected chi connectivity index (χ2v) is 6.30. The van der Waals surface area contributed by atoms with E-state index in [4.69, 9.17) is 4.74 Å². The number of aromatic nitrogens is 2. The van der Waals surface area contributed by atoms with Crippen molar-refractivity contribution in [2.75, 3.05) is 18.2 Å². The summed E-state index contributed by atoms with van der Waals surface area (Å²) in [6, 6.07) is 7.07. The lowest BCUT2D eigenvalue weighted by Gasteiger charge is -2.11. The highest BCUT2D eigenvalue weighted by Crippen LogP contribution is 2.25. The highest BCUT2D eigenvalue weighted by atomic mass is 32.2. The van der Waals surface area contributed by atoms with Crippen molar-refractivity contribution in [3.63, 3.8) is 0 Å². The summed E-state index contributed by atoms with van der Waals surface area (Å²) >= 11 is 1.20. The van der Waals surface area contributed by atoms with E-state index >= 15 is 0 Å². The number of anilines is 1. The van der Waals surface area contributed by atoms with Crippen LogP contribution in [-0.2, 0) is 11.2 Å². The summed E-state index contributed by atoms with van der Waals surface area (Å²) in [6.07, 6.45) is 1.65. The number of methoxy groups -OCH3 is 1. The average Bonchev–Trinajstić information content (AvgIpc) is 2.53. The number of hydrogen-bond acceptors (Lipinski definition) is 5. The molecule has 0 spiro atoms. The van der Waals surface area contributed by atoms with Gasteiger partial charge in [0.1, 0.15) is 5.75 Å².